The summed E-state index contributed by atoms with van der Waals surface area (Å²) in [7, 11) is 0. The van der Waals surface area contributed by atoms with Crippen molar-refractivity contribution in [3.63, 3.8) is 0 Å². The van der Waals surface area contributed by atoms with Crippen molar-refractivity contribution in [2.75, 3.05) is 36.5 Å². The molecule has 2 fully saturated rings. The lowest BCUT2D eigenvalue weighted by atomic mass is 10.0. The van der Waals surface area contributed by atoms with Gasteiger partial charge in [0.15, 0.2) is 0 Å². The van der Waals surface area contributed by atoms with Gasteiger partial charge in [-0.25, -0.2) is 4.98 Å². The van der Waals surface area contributed by atoms with Crippen molar-refractivity contribution in [2.45, 2.75) is 44.6 Å². The first-order valence-corrected chi connectivity index (χ1v) is 12.8. The second-order valence-corrected chi connectivity index (χ2v) is 9.74. The molecule has 2 aliphatic rings. The van der Waals surface area contributed by atoms with Crippen LogP contribution >= 0.6 is 0 Å². The second kappa shape index (κ2) is 11.2. The second-order valence-electron chi connectivity index (χ2n) is 9.74. The molecule has 1 saturated heterocycles. The summed E-state index contributed by atoms with van der Waals surface area (Å²) in [6.07, 6.45) is 0.107. The van der Waals surface area contributed by atoms with E-state index in [4.69, 9.17) is 9.47 Å². The van der Waals surface area contributed by atoms with Crippen molar-refractivity contribution in [1.82, 2.24) is 9.97 Å². The van der Waals surface area contributed by atoms with E-state index in [9.17, 15) is 23.1 Å². The molecule has 0 radical (unpaired) electrons. The summed E-state index contributed by atoms with van der Waals surface area (Å²) in [6.45, 7) is 4.30. The van der Waals surface area contributed by atoms with Crippen LogP contribution in [-0.4, -0.2) is 59.5 Å². The molecule has 1 aromatic carbocycles. The summed E-state index contributed by atoms with van der Waals surface area (Å²) >= 11 is 0. The average Bonchev–Trinajstić information content (AvgIpc) is 3.34. The Kier molecular flexibility index (Phi) is 7.72. The summed E-state index contributed by atoms with van der Waals surface area (Å²) in [5.74, 6) is -0.188. The number of rotatable bonds is 6. The monoisotopic (exact) mass is 542 g/mol. The molecule has 1 aliphatic heterocycles. The van der Waals surface area contributed by atoms with E-state index >= 15 is 0 Å². The Morgan fingerprint density at radius 3 is 2.64 bits per heavy atom. The number of morpholine rings is 1. The number of benzene rings is 1. The molecule has 5 rings (SSSR count). The number of aromatic nitrogens is 2. The minimum atomic E-state index is -4.55. The molecule has 2 N–H and O–H groups in total. The first kappa shape index (κ1) is 26.9. The lowest BCUT2D eigenvalue weighted by Gasteiger charge is -2.30. The molecule has 8 nitrogen and oxygen atoms in total. The fourth-order valence-electron chi connectivity index (χ4n) is 4.83. The fourth-order valence-corrected chi connectivity index (χ4v) is 4.83. The number of ether oxygens (including phenoxy) is 2. The van der Waals surface area contributed by atoms with Crippen molar-refractivity contribution in [3.05, 3.63) is 65.6 Å². The first-order chi connectivity index (χ1) is 18.7. The Balaban J connectivity index is 1.42. The summed E-state index contributed by atoms with van der Waals surface area (Å²) in [5.41, 5.74) is 2.28. The SMILES string of the molecule is Cc1ncc(NC(=O)c2cccc(C(F)(F)F)c2)cc1-c1cnc(OC2CCC(O)C2)c(N2CCOCC2)c1. The molecule has 0 bridgehead atoms. The summed E-state index contributed by atoms with van der Waals surface area (Å²) in [4.78, 5) is 23.9. The van der Waals surface area contributed by atoms with E-state index in [-0.39, 0.29) is 17.8 Å². The van der Waals surface area contributed by atoms with Gasteiger partial charge in [-0.05, 0) is 50.1 Å². The molecule has 206 valence electrons. The van der Waals surface area contributed by atoms with Crippen molar-refractivity contribution in [2.24, 2.45) is 0 Å². The molecule has 3 heterocycles. The predicted octanol–water partition coefficient (Wildman–Crippen LogP) is 4.85. The van der Waals surface area contributed by atoms with Crippen LogP contribution in [0, 0.1) is 6.92 Å². The molecule has 39 heavy (non-hydrogen) atoms. The van der Waals surface area contributed by atoms with E-state index in [1.54, 1.807) is 12.3 Å². The predicted molar refractivity (Wildman–Crippen MR) is 139 cm³/mol. The number of amides is 1. The van der Waals surface area contributed by atoms with Crippen LogP contribution in [-0.2, 0) is 10.9 Å². The highest BCUT2D eigenvalue weighted by Gasteiger charge is 2.31. The number of carbonyl (C=O) groups is 1. The van der Waals surface area contributed by atoms with Gasteiger partial charge in [0.2, 0.25) is 5.88 Å². The Bertz CT molecular complexity index is 1340. The van der Waals surface area contributed by atoms with Crippen LogP contribution in [0.15, 0.2) is 48.8 Å². The summed E-state index contributed by atoms with van der Waals surface area (Å²) in [5, 5.41) is 12.6. The van der Waals surface area contributed by atoms with Crippen LogP contribution < -0.4 is 15.0 Å². The average molecular weight is 543 g/mol. The summed E-state index contributed by atoms with van der Waals surface area (Å²) in [6, 6.07) is 7.95. The van der Waals surface area contributed by atoms with Gasteiger partial charge in [-0.1, -0.05) is 6.07 Å². The highest BCUT2D eigenvalue weighted by molar-refractivity contribution is 6.04. The zero-order chi connectivity index (χ0) is 27.6. The van der Waals surface area contributed by atoms with Gasteiger partial charge in [0.1, 0.15) is 11.8 Å². The highest BCUT2D eigenvalue weighted by atomic mass is 19.4. The van der Waals surface area contributed by atoms with Crippen LogP contribution in [0.4, 0.5) is 24.5 Å². The number of anilines is 2. The van der Waals surface area contributed by atoms with Gasteiger partial charge >= 0.3 is 6.18 Å². The molecule has 2 unspecified atom stereocenters. The number of carbonyl (C=O) groups excluding carboxylic acids is 1. The number of aliphatic hydroxyl groups excluding tert-OH is 1. The number of aryl methyl sites for hydroxylation is 1. The standard InChI is InChI=1S/C28H29F3N4O4/c1-17-24(13-21(16-32-17)34-26(37)18-3-2-4-20(11-18)28(29,30)31)19-12-25(35-7-9-38-10-8-35)27(33-15-19)39-23-6-5-22(36)14-23/h2-4,11-13,15-16,22-23,36H,5-10,14H2,1H3,(H,34,37). The smallest absolute Gasteiger partial charge is 0.416 e. The number of nitrogens with zero attached hydrogens (tertiary/aromatic N) is 3. The minimum Gasteiger partial charge on any atom is -0.473 e. The van der Waals surface area contributed by atoms with E-state index in [1.165, 1.54) is 18.3 Å². The molecular formula is C28H29F3N4O4. The Hall–Kier alpha value is -3.70. The maximum absolute atomic E-state index is 13.1. The lowest BCUT2D eigenvalue weighted by molar-refractivity contribution is -0.137. The number of pyridine rings is 2. The number of aliphatic hydroxyl groups is 1. The maximum atomic E-state index is 13.1. The van der Waals surface area contributed by atoms with Crippen LogP contribution in [0.25, 0.3) is 11.1 Å². The van der Waals surface area contributed by atoms with Gasteiger partial charge in [-0.15, -0.1) is 0 Å². The number of nitrogens with one attached hydrogen (secondary N) is 1. The van der Waals surface area contributed by atoms with Crippen LogP contribution in [0.3, 0.4) is 0 Å². The molecule has 1 aliphatic carbocycles. The van der Waals surface area contributed by atoms with E-state index < -0.39 is 17.6 Å². The van der Waals surface area contributed by atoms with E-state index in [2.05, 4.69) is 20.2 Å². The van der Waals surface area contributed by atoms with Gasteiger partial charge in [0, 0.05) is 48.1 Å². The van der Waals surface area contributed by atoms with E-state index in [1.807, 2.05) is 13.0 Å². The Labute approximate surface area is 223 Å². The molecule has 2 aromatic heterocycles. The van der Waals surface area contributed by atoms with Gasteiger partial charge < -0.3 is 24.8 Å². The number of hydrogen-bond donors (Lipinski definition) is 2. The zero-order valence-corrected chi connectivity index (χ0v) is 21.4. The number of hydrogen-bond acceptors (Lipinski definition) is 7. The van der Waals surface area contributed by atoms with Crippen LogP contribution in [0.2, 0.25) is 0 Å². The Morgan fingerprint density at radius 1 is 1.13 bits per heavy atom. The normalized spacial score (nSPS) is 19.7. The van der Waals surface area contributed by atoms with Gasteiger partial charge in [0.25, 0.3) is 5.91 Å². The molecule has 0 spiro atoms. The maximum Gasteiger partial charge on any atom is 0.416 e. The van der Waals surface area contributed by atoms with Gasteiger partial charge in [0.05, 0.1) is 36.8 Å². The third-order valence-electron chi connectivity index (χ3n) is 6.93. The first-order valence-electron chi connectivity index (χ1n) is 12.8. The van der Waals surface area contributed by atoms with Crippen molar-refractivity contribution in [3.8, 4) is 17.0 Å². The lowest BCUT2D eigenvalue weighted by Crippen LogP contribution is -2.36. The van der Waals surface area contributed by atoms with E-state index in [0.29, 0.717) is 62.0 Å². The fraction of sp³-hybridized carbons (Fsp3) is 0.393. The van der Waals surface area contributed by atoms with Crippen molar-refractivity contribution in [1.29, 1.82) is 0 Å². The van der Waals surface area contributed by atoms with Crippen molar-refractivity contribution >= 4 is 17.3 Å². The van der Waals surface area contributed by atoms with Gasteiger partial charge in [-0.2, -0.15) is 13.2 Å². The number of halogens is 3. The molecule has 3 aromatic rings. The molecular weight excluding hydrogens is 513 g/mol. The minimum absolute atomic E-state index is 0.109. The van der Waals surface area contributed by atoms with Crippen LogP contribution in [0.1, 0.15) is 40.9 Å². The largest absolute Gasteiger partial charge is 0.473 e. The topological polar surface area (TPSA) is 96.8 Å². The van der Waals surface area contributed by atoms with Crippen molar-refractivity contribution < 1.29 is 32.5 Å². The summed E-state index contributed by atoms with van der Waals surface area (Å²) < 4.78 is 51.0. The zero-order valence-electron chi connectivity index (χ0n) is 21.4. The van der Waals surface area contributed by atoms with Crippen LogP contribution in [0.5, 0.6) is 5.88 Å². The third kappa shape index (κ3) is 6.31. The molecule has 11 heteroatoms. The molecule has 1 amide bonds. The Morgan fingerprint density at radius 2 is 1.92 bits per heavy atom. The number of alkyl halides is 3. The van der Waals surface area contributed by atoms with E-state index in [0.717, 1.165) is 29.8 Å². The molecule has 1 saturated carbocycles. The quantitative estimate of drug-likeness (QED) is 0.460. The highest BCUT2D eigenvalue weighted by Crippen LogP contribution is 2.36. The van der Waals surface area contributed by atoms with Gasteiger partial charge in [-0.3, -0.25) is 9.78 Å². The molecule has 2 atom stereocenters. The third-order valence-corrected chi connectivity index (χ3v) is 6.93.